The van der Waals surface area contributed by atoms with E-state index in [1.165, 1.54) is 35.2 Å². The fourth-order valence-corrected chi connectivity index (χ4v) is 3.83. The van der Waals surface area contributed by atoms with Crippen molar-refractivity contribution in [3.63, 3.8) is 0 Å². The summed E-state index contributed by atoms with van der Waals surface area (Å²) in [6.07, 6.45) is 4.91. The van der Waals surface area contributed by atoms with Gasteiger partial charge in [0.25, 0.3) is 5.56 Å². The summed E-state index contributed by atoms with van der Waals surface area (Å²) >= 11 is 0. The maximum atomic E-state index is 13.3. The normalized spacial score (nSPS) is 11.0. The number of carbonyl (C=O) groups excluding carboxylic acids is 1. The van der Waals surface area contributed by atoms with Gasteiger partial charge in [0, 0.05) is 31.0 Å². The fourth-order valence-electron chi connectivity index (χ4n) is 3.83. The number of hydrogen-bond donors (Lipinski definition) is 1. The number of nitrogens with one attached hydrogen (secondary N) is 1. The number of fused-ring (bicyclic) bond motifs is 1. The van der Waals surface area contributed by atoms with Crippen molar-refractivity contribution >= 4 is 22.6 Å². The number of anilines is 1. The lowest BCUT2D eigenvalue weighted by Crippen LogP contribution is -2.23. The summed E-state index contributed by atoms with van der Waals surface area (Å²) < 4.78 is 16.4. The van der Waals surface area contributed by atoms with Crippen LogP contribution in [-0.4, -0.2) is 25.0 Å². The Bertz CT molecular complexity index is 1510. The van der Waals surface area contributed by atoms with E-state index < -0.39 is 0 Å². The summed E-state index contributed by atoms with van der Waals surface area (Å²) in [5.74, 6) is -0.657. The molecule has 8 heteroatoms. The molecule has 7 nitrogen and oxygen atoms in total. The van der Waals surface area contributed by atoms with E-state index in [2.05, 4.69) is 15.3 Å². The molecule has 3 aromatic heterocycles. The average Bonchev–Trinajstić information content (AvgIpc) is 3.27. The molecule has 34 heavy (non-hydrogen) atoms. The van der Waals surface area contributed by atoms with E-state index in [1.54, 1.807) is 12.4 Å². The molecule has 1 N–H and O–H groups in total. The molecular formula is C26H20FN5O2. The molecule has 0 radical (unpaired) electrons. The van der Waals surface area contributed by atoms with E-state index in [9.17, 15) is 14.0 Å². The molecule has 0 spiro atoms. The lowest BCUT2D eigenvalue weighted by atomic mass is 10.1. The van der Waals surface area contributed by atoms with Crippen molar-refractivity contribution < 1.29 is 9.18 Å². The van der Waals surface area contributed by atoms with Crippen LogP contribution in [0, 0.1) is 5.82 Å². The number of nitrogens with zero attached hydrogens (tertiary/aromatic N) is 4. The highest BCUT2D eigenvalue weighted by molar-refractivity contribution is 5.90. The highest BCUT2D eigenvalue weighted by Gasteiger charge is 2.17. The van der Waals surface area contributed by atoms with Crippen molar-refractivity contribution in [3.05, 3.63) is 108 Å². The van der Waals surface area contributed by atoms with Gasteiger partial charge in [0.15, 0.2) is 5.65 Å². The molecule has 0 aliphatic carbocycles. The van der Waals surface area contributed by atoms with E-state index in [4.69, 9.17) is 0 Å². The van der Waals surface area contributed by atoms with Crippen LogP contribution in [0.15, 0.2) is 96.3 Å². The largest absolute Gasteiger partial charge is 0.326 e. The van der Waals surface area contributed by atoms with Crippen molar-refractivity contribution in [2.75, 3.05) is 5.32 Å². The predicted molar refractivity (Wildman–Crippen MR) is 128 cm³/mol. The molecule has 0 atom stereocenters. The standard InChI is InChI=1S/C26H20FN5O2/c27-19-6-8-20(9-7-19)30-24(33)12-15-31-17-29-25-22(26(31)34)16-23(18-4-2-1-3-5-18)32(25)21-10-13-28-14-11-21/h1-11,13-14,16-17H,12,15H2,(H,30,33). The van der Waals surface area contributed by atoms with E-state index in [0.29, 0.717) is 16.7 Å². The molecule has 3 heterocycles. The molecule has 0 bridgehead atoms. The van der Waals surface area contributed by atoms with Gasteiger partial charge in [-0.1, -0.05) is 30.3 Å². The number of amides is 1. The number of benzene rings is 2. The van der Waals surface area contributed by atoms with Crippen LogP contribution < -0.4 is 10.9 Å². The van der Waals surface area contributed by atoms with Gasteiger partial charge in [-0.15, -0.1) is 0 Å². The molecule has 5 aromatic rings. The third-order valence-electron chi connectivity index (χ3n) is 5.48. The zero-order chi connectivity index (χ0) is 23.5. The van der Waals surface area contributed by atoms with Gasteiger partial charge >= 0.3 is 0 Å². The second-order valence-corrected chi connectivity index (χ2v) is 7.72. The third-order valence-corrected chi connectivity index (χ3v) is 5.48. The number of carbonyl (C=O) groups is 1. The van der Waals surface area contributed by atoms with Crippen LogP contribution in [0.25, 0.3) is 28.0 Å². The predicted octanol–water partition coefficient (Wildman–Crippen LogP) is 4.42. The molecule has 5 rings (SSSR count). The van der Waals surface area contributed by atoms with Gasteiger partial charge in [0.1, 0.15) is 5.82 Å². The van der Waals surface area contributed by atoms with Crippen LogP contribution in [-0.2, 0) is 11.3 Å². The first-order chi connectivity index (χ1) is 16.6. The molecule has 0 aliphatic rings. The summed E-state index contributed by atoms with van der Waals surface area (Å²) in [5, 5.41) is 3.16. The van der Waals surface area contributed by atoms with Crippen LogP contribution in [0.2, 0.25) is 0 Å². The summed E-state index contributed by atoms with van der Waals surface area (Å²) in [5.41, 5.74) is 3.41. The highest BCUT2D eigenvalue weighted by atomic mass is 19.1. The second kappa shape index (κ2) is 9.11. The van der Waals surface area contributed by atoms with E-state index >= 15 is 0 Å². The zero-order valence-corrected chi connectivity index (χ0v) is 18.1. The van der Waals surface area contributed by atoms with Crippen LogP contribution in [0.5, 0.6) is 0 Å². The Labute approximate surface area is 194 Å². The van der Waals surface area contributed by atoms with Crippen molar-refractivity contribution in [2.24, 2.45) is 0 Å². The Balaban J connectivity index is 1.48. The van der Waals surface area contributed by atoms with E-state index in [1.807, 2.05) is 53.1 Å². The SMILES string of the molecule is O=C(CCn1cnc2c(cc(-c3ccccc3)n2-c2ccncc2)c1=O)Nc1ccc(F)cc1. The van der Waals surface area contributed by atoms with Crippen LogP contribution >= 0.6 is 0 Å². The van der Waals surface area contributed by atoms with Gasteiger partial charge in [-0.3, -0.25) is 23.7 Å². The Morgan fingerprint density at radius 3 is 2.44 bits per heavy atom. The third kappa shape index (κ3) is 4.21. The Hall–Kier alpha value is -4.59. The summed E-state index contributed by atoms with van der Waals surface area (Å²) in [6, 6.07) is 20.8. The Morgan fingerprint density at radius 2 is 1.71 bits per heavy atom. The minimum atomic E-state index is -0.377. The number of halogens is 1. The monoisotopic (exact) mass is 453 g/mol. The summed E-state index contributed by atoms with van der Waals surface area (Å²) in [6.45, 7) is 0.163. The number of rotatable bonds is 6. The minimum Gasteiger partial charge on any atom is -0.326 e. The molecule has 2 aromatic carbocycles. The summed E-state index contributed by atoms with van der Waals surface area (Å²) in [7, 11) is 0. The first kappa shape index (κ1) is 21.3. The van der Waals surface area contributed by atoms with Gasteiger partial charge in [0.2, 0.25) is 5.91 Å². The Kier molecular flexibility index (Phi) is 5.70. The van der Waals surface area contributed by atoms with Crippen molar-refractivity contribution in [3.8, 4) is 16.9 Å². The van der Waals surface area contributed by atoms with Crippen molar-refractivity contribution in [1.82, 2.24) is 19.1 Å². The van der Waals surface area contributed by atoms with Gasteiger partial charge in [-0.05, 0) is 48.0 Å². The first-order valence-electron chi connectivity index (χ1n) is 10.7. The number of aryl methyl sites for hydroxylation is 1. The number of pyridine rings is 1. The van der Waals surface area contributed by atoms with Crippen molar-refractivity contribution in [2.45, 2.75) is 13.0 Å². The van der Waals surface area contributed by atoms with Gasteiger partial charge in [0.05, 0.1) is 23.1 Å². The maximum Gasteiger partial charge on any atom is 0.262 e. The van der Waals surface area contributed by atoms with Gasteiger partial charge in [-0.25, -0.2) is 9.37 Å². The van der Waals surface area contributed by atoms with Gasteiger partial charge in [-0.2, -0.15) is 0 Å². The first-order valence-corrected chi connectivity index (χ1v) is 10.7. The highest BCUT2D eigenvalue weighted by Crippen LogP contribution is 2.29. The smallest absolute Gasteiger partial charge is 0.262 e. The molecule has 168 valence electrons. The molecule has 0 unspecified atom stereocenters. The molecule has 1 amide bonds. The van der Waals surface area contributed by atoms with Gasteiger partial charge < -0.3 is 5.32 Å². The number of hydrogen-bond acceptors (Lipinski definition) is 4. The minimum absolute atomic E-state index is 0.0705. The quantitative estimate of drug-likeness (QED) is 0.413. The second-order valence-electron chi connectivity index (χ2n) is 7.72. The lowest BCUT2D eigenvalue weighted by Gasteiger charge is -2.11. The van der Waals surface area contributed by atoms with E-state index in [0.717, 1.165) is 16.9 Å². The molecular weight excluding hydrogens is 433 g/mol. The maximum absolute atomic E-state index is 13.3. The Morgan fingerprint density at radius 1 is 0.971 bits per heavy atom. The van der Waals surface area contributed by atoms with Crippen LogP contribution in [0.1, 0.15) is 6.42 Å². The van der Waals surface area contributed by atoms with Crippen LogP contribution in [0.3, 0.4) is 0 Å². The lowest BCUT2D eigenvalue weighted by molar-refractivity contribution is -0.116. The molecule has 0 aliphatic heterocycles. The molecule has 0 fully saturated rings. The molecule has 0 saturated heterocycles. The zero-order valence-electron chi connectivity index (χ0n) is 18.1. The molecule has 0 saturated carbocycles. The van der Waals surface area contributed by atoms with Crippen LogP contribution in [0.4, 0.5) is 10.1 Å². The van der Waals surface area contributed by atoms with E-state index in [-0.39, 0.29) is 30.2 Å². The average molecular weight is 453 g/mol. The number of aromatic nitrogens is 4. The fraction of sp³-hybridized carbons (Fsp3) is 0.0769. The van der Waals surface area contributed by atoms with Crippen molar-refractivity contribution in [1.29, 1.82) is 0 Å². The topological polar surface area (TPSA) is 81.8 Å². The summed E-state index contributed by atoms with van der Waals surface area (Å²) in [4.78, 5) is 34.3.